The molecule has 7 heteroatoms. The second kappa shape index (κ2) is 4.75. The van der Waals surface area contributed by atoms with Gasteiger partial charge in [-0.3, -0.25) is 9.89 Å². The number of halogens is 1. The van der Waals surface area contributed by atoms with Gasteiger partial charge in [0, 0.05) is 10.9 Å². The Morgan fingerprint density at radius 2 is 2.14 bits per heavy atom. The fourth-order valence-electron chi connectivity index (χ4n) is 2.36. The van der Waals surface area contributed by atoms with Gasteiger partial charge in [-0.2, -0.15) is 5.10 Å². The van der Waals surface area contributed by atoms with Crippen LogP contribution in [0.2, 0.25) is 5.15 Å². The molecule has 1 amide bonds. The van der Waals surface area contributed by atoms with Crippen LogP contribution in [0.3, 0.4) is 0 Å². The summed E-state index contributed by atoms with van der Waals surface area (Å²) < 4.78 is 0. The molecule has 3 aromatic rings. The van der Waals surface area contributed by atoms with Crippen LogP contribution in [0.1, 0.15) is 15.9 Å². The van der Waals surface area contributed by atoms with Gasteiger partial charge in [0.25, 0.3) is 5.91 Å². The molecule has 0 spiro atoms. The summed E-state index contributed by atoms with van der Waals surface area (Å²) in [6.45, 7) is 1.92. The molecule has 3 rings (SSSR count). The summed E-state index contributed by atoms with van der Waals surface area (Å²) in [5, 5.41) is 7.92. The normalized spacial score (nSPS) is 11.0. The van der Waals surface area contributed by atoms with E-state index in [0.717, 1.165) is 22.0 Å². The topological polar surface area (TPSA) is 111 Å². The lowest BCUT2D eigenvalue weighted by Crippen LogP contribution is -2.15. The fraction of sp³-hybridized carbons (Fsp3) is 0.0714. The van der Waals surface area contributed by atoms with Crippen LogP contribution in [0.15, 0.2) is 24.4 Å². The van der Waals surface area contributed by atoms with Gasteiger partial charge in [0.2, 0.25) is 0 Å². The highest BCUT2D eigenvalue weighted by Crippen LogP contribution is 2.35. The monoisotopic (exact) mass is 301 g/mol. The lowest BCUT2D eigenvalue weighted by molar-refractivity contribution is 0.100. The third-order valence-electron chi connectivity index (χ3n) is 3.36. The molecule has 21 heavy (non-hydrogen) atoms. The molecule has 6 nitrogen and oxygen atoms in total. The summed E-state index contributed by atoms with van der Waals surface area (Å²) in [6.07, 6.45) is 1.68. The van der Waals surface area contributed by atoms with Gasteiger partial charge >= 0.3 is 0 Å². The van der Waals surface area contributed by atoms with E-state index in [1.807, 2.05) is 19.1 Å². The minimum absolute atomic E-state index is 0.157. The largest absolute Gasteiger partial charge is 0.396 e. The van der Waals surface area contributed by atoms with Crippen LogP contribution in [0.25, 0.3) is 22.2 Å². The van der Waals surface area contributed by atoms with E-state index >= 15 is 0 Å². The number of hydrogen-bond acceptors (Lipinski definition) is 4. The number of nitrogens with one attached hydrogen (secondary N) is 1. The standard InChI is InChI=1S/C14H12ClN5O/c1-6-2-3-9-8(5-18-20-9)11(6)13-12(16)7(14(17)21)4-10(15)19-13/h2-5H,16H2,1H3,(H2,17,21)(H,18,20). The molecule has 0 aliphatic rings. The maximum atomic E-state index is 11.5. The lowest BCUT2D eigenvalue weighted by atomic mass is 9.98. The quantitative estimate of drug-likeness (QED) is 0.630. The SMILES string of the molecule is Cc1ccc2[nH]ncc2c1-c1nc(Cl)cc(C(N)=O)c1N. The maximum absolute atomic E-state index is 11.5. The number of aromatic nitrogens is 3. The van der Waals surface area contributed by atoms with Gasteiger partial charge in [-0.25, -0.2) is 4.98 Å². The van der Waals surface area contributed by atoms with E-state index < -0.39 is 5.91 Å². The third-order valence-corrected chi connectivity index (χ3v) is 3.56. The predicted octanol–water partition coefficient (Wildman–Crippen LogP) is 2.27. The molecule has 0 atom stereocenters. The zero-order chi connectivity index (χ0) is 15.1. The van der Waals surface area contributed by atoms with Gasteiger partial charge in [-0.05, 0) is 24.6 Å². The van der Waals surface area contributed by atoms with Crippen molar-refractivity contribution in [3.05, 3.63) is 40.7 Å². The first-order valence-corrected chi connectivity index (χ1v) is 6.55. The van der Waals surface area contributed by atoms with Crippen LogP contribution in [-0.2, 0) is 0 Å². The third kappa shape index (κ3) is 2.09. The van der Waals surface area contributed by atoms with Crippen molar-refractivity contribution in [1.29, 1.82) is 0 Å². The van der Waals surface area contributed by atoms with E-state index in [-0.39, 0.29) is 16.4 Å². The molecule has 0 bridgehead atoms. The minimum atomic E-state index is -0.643. The van der Waals surface area contributed by atoms with E-state index in [9.17, 15) is 4.79 Å². The lowest BCUT2D eigenvalue weighted by Gasteiger charge is -2.12. The first kappa shape index (κ1) is 13.4. The Hall–Kier alpha value is -2.60. The van der Waals surface area contributed by atoms with E-state index in [4.69, 9.17) is 23.1 Å². The summed E-state index contributed by atoms with van der Waals surface area (Å²) in [5.41, 5.74) is 14.8. The first-order valence-electron chi connectivity index (χ1n) is 6.18. The number of rotatable bonds is 2. The van der Waals surface area contributed by atoms with Crippen molar-refractivity contribution in [1.82, 2.24) is 15.2 Å². The molecule has 2 heterocycles. The van der Waals surface area contributed by atoms with Crippen molar-refractivity contribution in [3.8, 4) is 11.3 Å². The number of aromatic amines is 1. The highest BCUT2D eigenvalue weighted by molar-refractivity contribution is 6.30. The van der Waals surface area contributed by atoms with E-state index in [2.05, 4.69) is 15.2 Å². The number of nitrogen functional groups attached to an aromatic ring is 1. The Morgan fingerprint density at radius 3 is 2.86 bits per heavy atom. The Balaban J connectivity index is 2.40. The van der Waals surface area contributed by atoms with E-state index in [1.54, 1.807) is 6.20 Å². The molecule has 5 N–H and O–H groups in total. The van der Waals surface area contributed by atoms with Gasteiger partial charge in [-0.15, -0.1) is 0 Å². The fourth-order valence-corrected chi connectivity index (χ4v) is 2.55. The van der Waals surface area contributed by atoms with Gasteiger partial charge in [0.15, 0.2) is 0 Å². The average Bonchev–Trinajstić information content (AvgIpc) is 2.89. The Labute approximate surface area is 125 Å². The van der Waals surface area contributed by atoms with Crippen LogP contribution in [0, 0.1) is 6.92 Å². The van der Waals surface area contributed by atoms with Crippen LogP contribution in [0.4, 0.5) is 5.69 Å². The number of pyridine rings is 1. The maximum Gasteiger partial charge on any atom is 0.250 e. The molecule has 1 aromatic carbocycles. The number of aryl methyl sites for hydroxylation is 1. The highest BCUT2D eigenvalue weighted by Gasteiger charge is 2.18. The smallest absolute Gasteiger partial charge is 0.250 e. The van der Waals surface area contributed by atoms with Gasteiger partial charge < -0.3 is 11.5 Å². The Morgan fingerprint density at radius 1 is 1.38 bits per heavy atom. The molecule has 0 fully saturated rings. The van der Waals surface area contributed by atoms with Crippen LogP contribution < -0.4 is 11.5 Å². The molecule has 106 valence electrons. The van der Waals surface area contributed by atoms with Crippen LogP contribution in [0.5, 0.6) is 0 Å². The number of hydrogen-bond donors (Lipinski definition) is 3. The predicted molar refractivity (Wildman–Crippen MR) is 82.0 cm³/mol. The summed E-state index contributed by atoms with van der Waals surface area (Å²) >= 11 is 6.00. The van der Waals surface area contributed by atoms with Crippen molar-refractivity contribution in [2.45, 2.75) is 6.92 Å². The molecule has 0 aliphatic heterocycles. The van der Waals surface area contributed by atoms with Crippen molar-refractivity contribution < 1.29 is 4.79 Å². The summed E-state index contributed by atoms with van der Waals surface area (Å²) in [5.74, 6) is -0.643. The molecule has 2 aromatic heterocycles. The number of fused-ring (bicyclic) bond motifs is 1. The number of primary amides is 1. The molecule has 0 saturated heterocycles. The Kier molecular flexibility index (Phi) is 3.03. The average molecular weight is 302 g/mol. The second-order valence-electron chi connectivity index (χ2n) is 4.71. The molecule has 0 radical (unpaired) electrons. The molecule has 0 saturated carbocycles. The van der Waals surface area contributed by atoms with Crippen LogP contribution in [-0.4, -0.2) is 21.1 Å². The molecule has 0 aliphatic carbocycles. The Bertz CT molecular complexity index is 871. The molecular weight excluding hydrogens is 290 g/mol. The van der Waals surface area contributed by atoms with Gasteiger partial charge in [0.1, 0.15) is 5.15 Å². The first-order chi connectivity index (χ1) is 9.99. The summed E-state index contributed by atoms with van der Waals surface area (Å²) in [6, 6.07) is 5.20. The van der Waals surface area contributed by atoms with Crippen molar-refractivity contribution in [2.75, 3.05) is 5.73 Å². The van der Waals surface area contributed by atoms with E-state index in [1.165, 1.54) is 6.07 Å². The van der Waals surface area contributed by atoms with Gasteiger partial charge in [-0.1, -0.05) is 17.7 Å². The summed E-state index contributed by atoms with van der Waals surface area (Å²) in [7, 11) is 0. The van der Waals surface area contributed by atoms with Crippen molar-refractivity contribution in [2.24, 2.45) is 5.73 Å². The number of nitrogens with two attached hydrogens (primary N) is 2. The number of anilines is 1. The number of carbonyl (C=O) groups excluding carboxylic acids is 1. The molecule has 0 unspecified atom stereocenters. The number of carbonyl (C=O) groups is 1. The minimum Gasteiger partial charge on any atom is -0.396 e. The van der Waals surface area contributed by atoms with Crippen molar-refractivity contribution >= 4 is 34.1 Å². The second-order valence-corrected chi connectivity index (χ2v) is 5.10. The zero-order valence-electron chi connectivity index (χ0n) is 11.1. The summed E-state index contributed by atoms with van der Waals surface area (Å²) in [4.78, 5) is 15.8. The van der Waals surface area contributed by atoms with E-state index in [0.29, 0.717) is 5.69 Å². The number of amides is 1. The number of H-pyrrole nitrogens is 1. The van der Waals surface area contributed by atoms with Crippen LogP contribution >= 0.6 is 11.6 Å². The zero-order valence-corrected chi connectivity index (χ0v) is 11.9. The highest BCUT2D eigenvalue weighted by atomic mass is 35.5. The number of nitrogens with zero attached hydrogens (tertiary/aromatic N) is 2. The van der Waals surface area contributed by atoms with Gasteiger partial charge in [0.05, 0.1) is 28.7 Å². The van der Waals surface area contributed by atoms with Crippen molar-refractivity contribution in [3.63, 3.8) is 0 Å². The molecular formula is C14H12ClN5O. The number of benzene rings is 1.